The van der Waals surface area contributed by atoms with Gasteiger partial charge in [0.05, 0.1) is 11.8 Å². The lowest BCUT2D eigenvalue weighted by Gasteiger charge is -2.14. The van der Waals surface area contributed by atoms with Gasteiger partial charge in [-0.25, -0.2) is 0 Å². The van der Waals surface area contributed by atoms with Gasteiger partial charge in [-0.2, -0.15) is 0 Å². The number of rotatable bonds is 3. The maximum atomic E-state index is 5.77. The Labute approximate surface area is 101 Å². The molecule has 0 spiro atoms. The molecule has 0 saturated carbocycles. The molecule has 88 valence electrons. The van der Waals surface area contributed by atoms with E-state index >= 15 is 0 Å². The summed E-state index contributed by atoms with van der Waals surface area (Å²) >= 11 is 0. The molecular formula is C14H16N2O. The molecule has 0 aliphatic heterocycles. The van der Waals surface area contributed by atoms with Crippen LogP contribution in [0, 0.1) is 0 Å². The van der Waals surface area contributed by atoms with Crippen molar-refractivity contribution in [2.45, 2.75) is 20.0 Å². The van der Waals surface area contributed by atoms with E-state index in [1.54, 1.807) is 12.4 Å². The van der Waals surface area contributed by atoms with Crippen LogP contribution in [-0.4, -0.2) is 11.1 Å². The molecule has 17 heavy (non-hydrogen) atoms. The molecule has 0 saturated heterocycles. The number of nitrogens with two attached hydrogens (primary N) is 1. The molecule has 2 rings (SSSR count). The second kappa shape index (κ2) is 4.87. The fourth-order valence-corrected chi connectivity index (χ4v) is 1.67. The lowest BCUT2D eigenvalue weighted by molar-refractivity contribution is 0.243. The van der Waals surface area contributed by atoms with E-state index in [0.29, 0.717) is 5.69 Å². The molecule has 0 radical (unpaired) electrons. The van der Waals surface area contributed by atoms with Crippen LogP contribution in [0.1, 0.15) is 13.8 Å². The van der Waals surface area contributed by atoms with E-state index in [1.165, 1.54) is 0 Å². The van der Waals surface area contributed by atoms with E-state index in [9.17, 15) is 0 Å². The Bertz CT molecular complexity index is 509. The quantitative estimate of drug-likeness (QED) is 0.878. The predicted octanol–water partition coefficient (Wildman–Crippen LogP) is 3.12. The van der Waals surface area contributed by atoms with Crippen molar-refractivity contribution in [2.24, 2.45) is 0 Å². The van der Waals surface area contributed by atoms with Gasteiger partial charge in [0.2, 0.25) is 0 Å². The third kappa shape index (κ3) is 2.75. The summed E-state index contributed by atoms with van der Waals surface area (Å²) in [6.07, 6.45) is 3.57. The summed E-state index contributed by atoms with van der Waals surface area (Å²) in [5.74, 6) is 0.856. The van der Waals surface area contributed by atoms with Crippen LogP contribution in [-0.2, 0) is 0 Å². The van der Waals surface area contributed by atoms with Crippen LogP contribution in [0.25, 0.3) is 11.1 Å². The van der Waals surface area contributed by atoms with E-state index < -0.39 is 0 Å². The first-order chi connectivity index (χ1) is 8.16. The van der Waals surface area contributed by atoms with Crippen molar-refractivity contribution in [1.29, 1.82) is 0 Å². The maximum absolute atomic E-state index is 5.77. The van der Waals surface area contributed by atoms with E-state index in [0.717, 1.165) is 16.9 Å². The number of ether oxygens (including phenoxy) is 1. The molecule has 0 unspecified atom stereocenters. The highest BCUT2D eigenvalue weighted by molar-refractivity contribution is 5.71. The van der Waals surface area contributed by atoms with Gasteiger partial charge in [-0.05, 0) is 26.0 Å². The zero-order valence-electron chi connectivity index (χ0n) is 10.1. The lowest BCUT2D eigenvalue weighted by Crippen LogP contribution is -2.06. The Balaban J connectivity index is 2.44. The highest BCUT2D eigenvalue weighted by Crippen LogP contribution is 2.30. The Morgan fingerprint density at radius 2 is 1.94 bits per heavy atom. The van der Waals surface area contributed by atoms with Gasteiger partial charge in [-0.15, -0.1) is 0 Å². The minimum absolute atomic E-state index is 0.144. The van der Waals surface area contributed by atoms with Gasteiger partial charge in [-0.3, -0.25) is 4.98 Å². The molecule has 3 nitrogen and oxygen atoms in total. The molecule has 1 aromatic carbocycles. The minimum Gasteiger partial charge on any atom is -0.490 e. The molecule has 0 bridgehead atoms. The van der Waals surface area contributed by atoms with Crippen molar-refractivity contribution in [3.8, 4) is 16.9 Å². The standard InChI is InChI=1S/C14H16N2O/c1-10(2)17-14-6-4-3-5-13(14)11-7-12(15)9-16-8-11/h3-10H,15H2,1-2H3. The first-order valence-corrected chi connectivity index (χ1v) is 5.63. The SMILES string of the molecule is CC(C)Oc1ccccc1-c1cncc(N)c1. The van der Waals surface area contributed by atoms with Gasteiger partial charge in [0.15, 0.2) is 0 Å². The molecule has 0 fully saturated rings. The Kier molecular flexibility index (Phi) is 3.28. The molecule has 2 aromatic rings. The molecule has 2 N–H and O–H groups in total. The summed E-state index contributed by atoms with van der Waals surface area (Å²) in [6, 6.07) is 9.80. The fraction of sp³-hybridized carbons (Fsp3) is 0.214. The van der Waals surface area contributed by atoms with Gasteiger partial charge < -0.3 is 10.5 Å². The molecule has 0 amide bonds. The zero-order valence-corrected chi connectivity index (χ0v) is 10.1. The van der Waals surface area contributed by atoms with E-state index in [2.05, 4.69) is 4.98 Å². The highest BCUT2D eigenvalue weighted by atomic mass is 16.5. The predicted molar refractivity (Wildman–Crippen MR) is 69.8 cm³/mol. The maximum Gasteiger partial charge on any atom is 0.127 e. The summed E-state index contributed by atoms with van der Waals surface area (Å²) in [6.45, 7) is 4.02. The molecule has 0 aliphatic rings. The molecule has 1 aromatic heterocycles. The van der Waals surface area contributed by atoms with E-state index in [-0.39, 0.29) is 6.10 Å². The summed E-state index contributed by atoms with van der Waals surface area (Å²) in [4.78, 5) is 4.10. The third-order valence-corrected chi connectivity index (χ3v) is 2.32. The topological polar surface area (TPSA) is 48.1 Å². The highest BCUT2D eigenvalue weighted by Gasteiger charge is 2.07. The van der Waals surface area contributed by atoms with E-state index in [4.69, 9.17) is 10.5 Å². The third-order valence-electron chi connectivity index (χ3n) is 2.32. The molecule has 3 heteroatoms. The van der Waals surface area contributed by atoms with Crippen LogP contribution < -0.4 is 10.5 Å². The number of aromatic nitrogens is 1. The smallest absolute Gasteiger partial charge is 0.127 e. The van der Waals surface area contributed by atoms with Crippen LogP contribution >= 0.6 is 0 Å². The van der Waals surface area contributed by atoms with Crippen LogP contribution in [0.3, 0.4) is 0 Å². The number of pyridine rings is 1. The summed E-state index contributed by atoms with van der Waals surface area (Å²) in [7, 11) is 0. The van der Waals surface area contributed by atoms with Crippen LogP contribution in [0.15, 0.2) is 42.7 Å². The van der Waals surface area contributed by atoms with Gasteiger partial charge in [0.1, 0.15) is 5.75 Å². The van der Waals surface area contributed by atoms with Crippen molar-refractivity contribution >= 4 is 5.69 Å². The number of nitrogens with zero attached hydrogens (tertiary/aromatic N) is 1. The largest absolute Gasteiger partial charge is 0.490 e. The minimum atomic E-state index is 0.144. The van der Waals surface area contributed by atoms with Crippen molar-refractivity contribution in [1.82, 2.24) is 4.98 Å². The first-order valence-electron chi connectivity index (χ1n) is 5.63. The van der Waals surface area contributed by atoms with Crippen molar-refractivity contribution in [3.05, 3.63) is 42.7 Å². The average molecular weight is 228 g/mol. The lowest BCUT2D eigenvalue weighted by atomic mass is 10.1. The van der Waals surface area contributed by atoms with Gasteiger partial charge in [-0.1, -0.05) is 18.2 Å². The summed E-state index contributed by atoms with van der Waals surface area (Å²) in [5, 5.41) is 0. The normalized spacial score (nSPS) is 10.5. The second-order valence-electron chi connectivity index (χ2n) is 4.17. The second-order valence-corrected chi connectivity index (χ2v) is 4.17. The first kappa shape index (κ1) is 11.5. The van der Waals surface area contributed by atoms with Crippen LogP contribution in [0.5, 0.6) is 5.75 Å². The Morgan fingerprint density at radius 1 is 1.18 bits per heavy atom. The number of nitrogen functional groups attached to an aromatic ring is 1. The molecule has 0 aliphatic carbocycles. The van der Waals surface area contributed by atoms with Crippen LogP contribution in [0.4, 0.5) is 5.69 Å². The Morgan fingerprint density at radius 3 is 2.65 bits per heavy atom. The van der Waals surface area contributed by atoms with Crippen LogP contribution in [0.2, 0.25) is 0 Å². The van der Waals surface area contributed by atoms with Gasteiger partial charge in [0, 0.05) is 23.5 Å². The number of hydrogen-bond acceptors (Lipinski definition) is 3. The monoisotopic (exact) mass is 228 g/mol. The van der Waals surface area contributed by atoms with Gasteiger partial charge in [0.25, 0.3) is 0 Å². The average Bonchev–Trinajstić information content (AvgIpc) is 2.29. The number of hydrogen-bond donors (Lipinski definition) is 1. The fourth-order valence-electron chi connectivity index (χ4n) is 1.67. The van der Waals surface area contributed by atoms with Crippen molar-refractivity contribution in [3.63, 3.8) is 0 Å². The molecular weight excluding hydrogens is 212 g/mol. The molecule has 1 heterocycles. The number of benzene rings is 1. The van der Waals surface area contributed by atoms with Gasteiger partial charge >= 0.3 is 0 Å². The molecule has 0 atom stereocenters. The zero-order chi connectivity index (χ0) is 12.3. The van der Waals surface area contributed by atoms with Crippen molar-refractivity contribution < 1.29 is 4.74 Å². The summed E-state index contributed by atoms with van der Waals surface area (Å²) in [5.41, 5.74) is 8.39. The summed E-state index contributed by atoms with van der Waals surface area (Å²) < 4.78 is 5.77. The number of para-hydroxylation sites is 1. The van der Waals surface area contributed by atoms with E-state index in [1.807, 2.05) is 44.2 Å². The van der Waals surface area contributed by atoms with Crippen molar-refractivity contribution in [2.75, 3.05) is 5.73 Å². The number of anilines is 1. The Hall–Kier alpha value is -2.03.